The second-order valence-electron chi connectivity index (χ2n) is 9.46. The van der Waals surface area contributed by atoms with Crippen molar-refractivity contribution in [3.63, 3.8) is 0 Å². The number of anilines is 1. The Morgan fingerprint density at radius 1 is 1.03 bits per heavy atom. The van der Waals surface area contributed by atoms with Gasteiger partial charge in [-0.15, -0.1) is 0 Å². The summed E-state index contributed by atoms with van der Waals surface area (Å²) in [5.74, 6) is -1.26. The molecule has 0 aliphatic carbocycles. The molecule has 6 nitrogen and oxygen atoms in total. The number of hydrogen-bond donors (Lipinski definition) is 2. The number of hydrogen-bond acceptors (Lipinski definition) is 5. The van der Waals surface area contributed by atoms with Crippen LogP contribution >= 0.6 is 0 Å². The smallest absolute Gasteiger partial charge is 0.417 e. The second-order valence-corrected chi connectivity index (χ2v) is 11.0. The van der Waals surface area contributed by atoms with E-state index in [-0.39, 0.29) is 48.3 Å². The molecule has 1 aliphatic heterocycles. The van der Waals surface area contributed by atoms with Gasteiger partial charge in [0.05, 0.1) is 16.1 Å². The highest BCUT2D eigenvalue weighted by atomic mass is 32.2. The normalized spacial score (nSPS) is 16.0. The quantitative estimate of drug-likeness (QED) is 0.365. The number of sulfonamides is 1. The Labute approximate surface area is 220 Å². The molecule has 3 aromatic rings. The Balaban J connectivity index is 2.04. The number of rotatable bonds is 6. The second kappa shape index (κ2) is 10.4. The Hall–Kier alpha value is -3.29. The SMILES string of the molecule is CC1(O)CCN(c2ccc(-c3cc(F)ccc3OC(F)F)cc2-c2c(C(F)(F)F)cccc2S(N)(=O)=O)CC1. The standard InChI is InChI=1S/C26H24F6N2O4S/c1-25(35)9-11-34(12-10-25)20-7-5-15(17-14-16(27)6-8-21(17)38-24(28)29)13-18(20)23-19(26(30,31)32)3-2-4-22(23)39(33,36)37/h2-8,13-14,24,35H,9-12H2,1H3,(H2,33,36,37). The van der Waals surface area contributed by atoms with E-state index in [0.717, 1.165) is 36.4 Å². The first-order valence-corrected chi connectivity index (χ1v) is 13.2. The van der Waals surface area contributed by atoms with Crippen molar-refractivity contribution in [3.8, 4) is 28.0 Å². The van der Waals surface area contributed by atoms with Crippen LogP contribution in [0.1, 0.15) is 25.3 Å². The van der Waals surface area contributed by atoms with Gasteiger partial charge in [-0.2, -0.15) is 22.0 Å². The molecule has 0 bridgehead atoms. The Bertz CT molecular complexity index is 1480. The zero-order valence-electron chi connectivity index (χ0n) is 20.5. The first-order chi connectivity index (χ1) is 18.1. The highest BCUT2D eigenvalue weighted by Gasteiger charge is 2.38. The van der Waals surface area contributed by atoms with E-state index in [4.69, 9.17) is 5.14 Å². The molecular weight excluding hydrogens is 550 g/mol. The van der Waals surface area contributed by atoms with Gasteiger partial charge in [0.2, 0.25) is 10.0 Å². The van der Waals surface area contributed by atoms with Crippen LogP contribution < -0.4 is 14.8 Å². The van der Waals surface area contributed by atoms with Crippen LogP contribution in [-0.4, -0.2) is 38.8 Å². The fraction of sp³-hybridized carbons (Fsp3) is 0.308. The van der Waals surface area contributed by atoms with Gasteiger partial charge in [-0.3, -0.25) is 0 Å². The Morgan fingerprint density at radius 2 is 1.69 bits per heavy atom. The van der Waals surface area contributed by atoms with Crippen molar-refractivity contribution in [1.82, 2.24) is 0 Å². The van der Waals surface area contributed by atoms with Gasteiger partial charge < -0.3 is 14.7 Å². The lowest BCUT2D eigenvalue weighted by atomic mass is 9.90. The molecule has 0 radical (unpaired) electrons. The maximum atomic E-state index is 14.2. The lowest BCUT2D eigenvalue weighted by Crippen LogP contribution is -2.42. The number of primary sulfonamides is 1. The number of piperidine rings is 1. The summed E-state index contributed by atoms with van der Waals surface area (Å²) < 4.78 is 112. The van der Waals surface area contributed by atoms with E-state index < -0.39 is 56.0 Å². The summed E-state index contributed by atoms with van der Waals surface area (Å²) in [7, 11) is -4.68. The molecule has 0 unspecified atom stereocenters. The lowest BCUT2D eigenvalue weighted by Gasteiger charge is -2.38. The summed E-state index contributed by atoms with van der Waals surface area (Å²) in [4.78, 5) is 0.877. The van der Waals surface area contributed by atoms with Crippen molar-refractivity contribution < 1.29 is 44.6 Å². The molecule has 3 N–H and O–H groups in total. The molecule has 1 heterocycles. The van der Waals surface area contributed by atoms with Gasteiger partial charge in [-0.1, -0.05) is 12.1 Å². The first kappa shape index (κ1) is 28.7. The van der Waals surface area contributed by atoms with Crippen molar-refractivity contribution in [2.45, 2.75) is 43.0 Å². The van der Waals surface area contributed by atoms with Gasteiger partial charge in [0.15, 0.2) is 0 Å². The molecule has 0 spiro atoms. The minimum absolute atomic E-state index is 0.00903. The van der Waals surface area contributed by atoms with Crippen LogP contribution in [0.15, 0.2) is 59.5 Å². The molecule has 1 aliphatic rings. The predicted molar refractivity (Wildman–Crippen MR) is 132 cm³/mol. The van der Waals surface area contributed by atoms with Crippen molar-refractivity contribution in [2.75, 3.05) is 18.0 Å². The van der Waals surface area contributed by atoms with E-state index in [1.807, 2.05) is 0 Å². The van der Waals surface area contributed by atoms with Crippen molar-refractivity contribution in [2.24, 2.45) is 5.14 Å². The third-order valence-corrected chi connectivity index (χ3v) is 7.51. The average Bonchev–Trinajstić information content (AvgIpc) is 2.83. The highest BCUT2D eigenvalue weighted by molar-refractivity contribution is 7.89. The van der Waals surface area contributed by atoms with E-state index in [0.29, 0.717) is 6.07 Å². The number of nitrogens with zero attached hydrogens (tertiary/aromatic N) is 1. The topological polar surface area (TPSA) is 92.9 Å². The number of alkyl halides is 5. The van der Waals surface area contributed by atoms with Crippen LogP contribution in [0, 0.1) is 5.82 Å². The largest absolute Gasteiger partial charge is 0.434 e. The lowest BCUT2D eigenvalue weighted by molar-refractivity contribution is -0.137. The zero-order chi connectivity index (χ0) is 28.8. The minimum atomic E-state index is -5.00. The molecule has 3 aromatic carbocycles. The number of nitrogens with two attached hydrogens (primary N) is 1. The van der Waals surface area contributed by atoms with E-state index in [1.165, 1.54) is 12.1 Å². The number of ether oxygens (including phenoxy) is 1. The third-order valence-electron chi connectivity index (χ3n) is 6.55. The molecule has 0 saturated carbocycles. The van der Waals surface area contributed by atoms with Gasteiger partial charge in [-0.05, 0) is 67.8 Å². The molecular formula is C26H24F6N2O4S. The summed E-state index contributed by atoms with van der Waals surface area (Å²) in [5.41, 5.74) is -3.28. The monoisotopic (exact) mass is 574 g/mol. The molecule has 1 fully saturated rings. The van der Waals surface area contributed by atoms with E-state index in [1.54, 1.807) is 11.8 Å². The fourth-order valence-corrected chi connectivity index (χ4v) is 5.39. The maximum Gasteiger partial charge on any atom is 0.417 e. The van der Waals surface area contributed by atoms with Crippen LogP contribution in [0.2, 0.25) is 0 Å². The zero-order valence-corrected chi connectivity index (χ0v) is 21.3. The van der Waals surface area contributed by atoms with Crippen LogP contribution in [-0.2, 0) is 16.2 Å². The number of benzene rings is 3. The fourth-order valence-electron chi connectivity index (χ4n) is 4.62. The summed E-state index contributed by atoms with van der Waals surface area (Å²) in [6, 6.07) is 9.20. The Kier molecular flexibility index (Phi) is 7.63. The van der Waals surface area contributed by atoms with Crippen molar-refractivity contribution in [1.29, 1.82) is 0 Å². The van der Waals surface area contributed by atoms with Crippen molar-refractivity contribution >= 4 is 15.7 Å². The summed E-state index contributed by atoms with van der Waals surface area (Å²) in [6.45, 7) is -1.20. The van der Waals surface area contributed by atoms with Crippen LogP contribution in [0.3, 0.4) is 0 Å². The number of aliphatic hydroxyl groups is 1. The molecule has 4 rings (SSSR count). The summed E-state index contributed by atoms with van der Waals surface area (Å²) >= 11 is 0. The van der Waals surface area contributed by atoms with E-state index >= 15 is 0 Å². The van der Waals surface area contributed by atoms with Crippen LogP contribution in [0.25, 0.3) is 22.3 Å². The Morgan fingerprint density at radius 3 is 2.28 bits per heavy atom. The van der Waals surface area contributed by atoms with Crippen molar-refractivity contribution in [3.05, 3.63) is 66.0 Å². The van der Waals surface area contributed by atoms with E-state index in [9.17, 15) is 39.9 Å². The van der Waals surface area contributed by atoms with Gasteiger partial charge in [-0.25, -0.2) is 17.9 Å². The molecule has 0 atom stereocenters. The molecule has 210 valence electrons. The third kappa shape index (κ3) is 6.31. The summed E-state index contributed by atoms with van der Waals surface area (Å²) in [5, 5.41) is 15.7. The predicted octanol–water partition coefficient (Wildman–Crippen LogP) is 5.78. The highest BCUT2D eigenvalue weighted by Crippen LogP contribution is 2.46. The van der Waals surface area contributed by atoms with Crippen LogP contribution in [0.5, 0.6) is 5.75 Å². The molecule has 13 heteroatoms. The van der Waals surface area contributed by atoms with Gasteiger partial charge in [0.1, 0.15) is 11.6 Å². The number of halogens is 6. The van der Waals surface area contributed by atoms with Gasteiger partial charge >= 0.3 is 12.8 Å². The molecule has 0 amide bonds. The minimum Gasteiger partial charge on any atom is -0.434 e. The van der Waals surface area contributed by atoms with Gasteiger partial charge in [0.25, 0.3) is 0 Å². The molecule has 39 heavy (non-hydrogen) atoms. The van der Waals surface area contributed by atoms with Gasteiger partial charge in [0, 0.05) is 35.5 Å². The first-order valence-electron chi connectivity index (χ1n) is 11.7. The molecule has 1 saturated heterocycles. The van der Waals surface area contributed by atoms with Crippen LogP contribution in [0.4, 0.5) is 32.0 Å². The summed E-state index contributed by atoms with van der Waals surface area (Å²) in [6.07, 6.45) is -4.46. The maximum absolute atomic E-state index is 14.2. The van der Waals surface area contributed by atoms with E-state index in [2.05, 4.69) is 4.74 Å². The average molecular weight is 575 g/mol. The molecule has 0 aromatic heterocycles.